The first-order chi connectivity index (χ1) is 8.95. The summed E-state index contributed by atoms with van der Waals surface area (Å²) in [5.41, 5.74) is 9.09. The molecule has 4 nitrogen and oxygen atoms in total. The molecule has 0 atom stereocenters. The number of hydrogen-bond donors (Lipinski definition) is 1. The van der Waals surface area contributed by atoms with Crippen LogP contribution in [-0.2, 0) is 7.05 Å². The maximum Gasteiger partial charge on any atom is 0.137 e. The first-order valence-corrected chi connectivity index (χ1v) is 6.48. The first-order valence-electron chi connectivity index (χ1n) is 6.11. The van der Waals surface area contributed by atoms with Gasteiger partial charge in [-0.1, -0.05) is 25.4 Å². The van der Waals surface area contributed by atoms with Crippen molar-refractivity contribution in [3.05, 3.63) is 28.9 Å². The molecular formula is C14H18ClN3O. The molecule has 1 aromatic carbocycles. The second-order valence-corrected chi connectivity index (χ2v) is 5.20. The normalized spacial score (nSPS) is 11.1. The second-order valence-electron chi connectivity index (χ2n) is 4.80. The Bertz CT molecular complexity index is 605. The van der Waals surface area contributed by atoms with Crippen molar-refractivity contribution in [2.24, 2.45) is 7.05 Å². The van der Waals surface area contributed by atoms with Gasteiger partial charge in [-0.05, 0) is 29.2 Å². The number of nitrogens with zero attached hydrogens (tertiary/aromatic N) is 2. The lowest BCUT2D eigenvalue weighted by molar-refractivity contribution is 0.414. The number of hydrogen-bond acceptors (Lipinski definition) is 3. The lowest BCUT2D eigenvalue weighted by atomic mass is 9.93. The van der Waals surface area contributed by atoms with Gasteiger partial charge in [0.25, 0.3) is 0 Å². The van der Waals surface area contributed by atoms with E-state index < -0.39 is 0 Å². The molecule has 19 heavy (non-hydrogen) atoms. The van der Waals surface area contributed by atoms with Crippen LogP contribution in [0.3, 0.4) is 0 Å². The van der Waals surface area contributed by atoms with Gasteiger partial charge in [-0.3, -0.25) is 4.68 Å². The number of halogens is 1. The number of benzene rings is 1. The van der Waals surface area contributed by atoms with Gasteiger partial charge < -0.3 is 10.5 Å². The van der Waals surface area contributed by atoms with E-state index in [-0.39, 0.29) is 0 Å². The minimum atomic E-state index is 0.334. The van der Waals surface area contributed by atoms with Crippen LogP contribution in [0.15, 0.2) is 18.3 Å². The summed E-state index contributed by atoms with van der Waals surface area (Å²) in [4.78, 5) is 0. The predicted molar refractivity (Wildman–Crippen MR) is 78.7 cm³/mol. The van der Waals surface area contributed by atoms with Crippen molar-refractivity contribution < 1.29 is 4.74 Å². The van der Waals surface area contributed by atoms with Gasteiger partial charge in [-0.15, -0.1) is 0 Å². The van der Waals surface area contributed by atoms with Gasteiger partial charge in [0, 0.05) is 12.6 Å². The molecule has 2 rings (SSSR count). The maximum absolute atomic E-state index is 6.22. The van der Waals surface area contributed by atoms with Crippen LogP contribution < -0.4 is 10.5 Å². The number of nitrogens with two attached hydrogens (primary N) is 1. The van der Waals surface area contributed by atoms with Crippen LogP contribution in [-0.4, -0.2) is 16.9 Å². The van der Waals surface area contributed by atoms with Crippen LogP contribution in [0.5, 0.6) is 5.75 Å². The molecule has 0 saturated carbocycles. The molecule has 0 fully saturated rings. The van der Waals surface area contributed by atoms with E-state index in [2.05, 4.69) is 18.9 Å². The molecule has 2 aromatic rings. The zero-order chi connectivity index (χ0) is 14.2. The first kappa shape index (κ1) is 13.7. The molecule has 2 N–H and O–H groups in total. The Morgan fingerprint density at radius 2 is 2.00 bits per heavy atom. The highest BCUT2D eigenvalue weighted by atomic mass is 35.5. The lowest BCUT2D eigenvalue weighted by Crippen LogP contribution is -2.00. The number of aryl methyl sites for hydroxylation is 1. The smallest absolute Gasteiger partial charge is 0.137 e. The fourth-order valence-electron chi connectivity index (χ4n) is 2.09. The Hall–Kier alpha value is -1.68. The van der Waals surface area contributed by atoms with E-state index in [0.29, 0.717) is 22.5 Å². The molecule has 0 amide bonds. The van der Waals surface area contributed by atoms with Crippen LogP contribution in [0, 0.1) is 0 Å². The monoisotopic (exact) mass is 279 g/mol. The molecule has 0 aliphatic carbocycles. The Labute approximate surface area is 118 Å². The SMILES string of the molecule is COc1cc(C(C)C)c(-c2cnn(C)c2N)cc1Cl. The summed E-state index contributed by atoms with van der Waals surface area (Å²) in [5.74, 6) is 1.64. The second kappa shape index (κ2) is 5.13. The summed E-state index contributed by atoms with van der Waals surface area (Å²) in [6.45, 7) is 4.25. The van der Waals surface area contributed by atoms with Gasteiger partial charge in [-0.2, -0.15) is 5.10 Å². The minimum absolute atomic E-state index is 0.334. The maximum atomic E-state index is 6.22. The summed E-state index contributed by atoms with van der Waals surface area (Å²) < 4.78 is 6.93. The van der Waals surface area contributed by atoms with Crippen molar-refractivity contribution in [1.29, 1.82) is 0 Å². The zero-order valence-corrected chi connectivity index (χ0v) is 12.3. The minimum Gasteiger partial charge on any atom is -0.495 e. The lowest BCUT2D eigenvalue weighted by Gasteiger charge is -2.15. The van der Waals surface area contributed by atoms with E-state index in [1.165, 1.54) is 0 Å². The average molecular weight is 280 g/mol. The van der Waals surface area contributed by atoms with Gasteiger partial charge in [0.1, 0.15) is 11.6 Å². The largest absolute Gasteiger partial charge is 0.495 e. The Kier molecular flexibility index (Phi) is 3.71. The molecule has 1 heterocycles. The molecule has 0 bridgehead atoms. The highest BCUT2D eigenvalue weighted by Gasteiger charge is 2.17. The van der Waals surface area contributed by atoms with Crippen molar-refractivity contribution in [2.45, 2.75) is 19.8 Å². The molecule has 0 saturated heterocycles. The number of methoxy groups -OCH3 is 1. The molecule has 0 aliphatic rings. The Morgan fingerprint density at radius 3 is 2.47 bits per heavy atom. The summed E-state index contributed by atoms with van der Waals surface area (Å²) >= 11 is 6.22. The van der Waals surface area contributed by atoms with Crippen LogP contribution in [0.1, 0.15) is 25.3 Å². The molecule has 102 valence electrons. The Balaban J connectivity index is 2.68. The third kappa shape index (κ3) is 2.40. The zero-order valence-electron chi connectivity index (χ0n) is 11.6. The molecular weight excluding hydrogens is 262 g/mol. The Morgan fingerprint density at radius 1 is 1.32 bits per heavy atom. The van der Waals surface area contributed by atoms with E-state index in [1.807, 2.05) is 19.2 Å². The topological polar surface area (TPSA) is 53.1 Å². The van der Waals surface area contributed by atoms with Crippen molar-refractivity contribution >= 4 is 17.4 Å². The van der Waals surface area contributed by atoms with E-state index in [4.69, 9.17) is 22.1 Å². The number of nitrogen functional groups attached to an aromatic ring is 1. The van der Waals surface area contributed by atoms with E-state index in [9.17, 15) is 0 Å². The van der Waals surface area contributed by atoms with Crippen LogP contribution in [0.25, 0.3) is 11.1 Å². The molecule has 1 aromatic heterocycles. The summed E-state index contributed by atoms with van der Waals surface area (Å²) in [6.07, 6.45) is 1.76. The van der Waals surface area contributed by atoms with Crippen LogP contribution >= 0.6 is 11.6 Å². The molecule has 0 unspecified atom stereocenters. The van der Waals surface area contributed by atoms with E-state index in [1.54, 1.807) is 18.0 Å². The van der Waals surface area contributed by atoms with Crippen molar-refractivity contribution in [1.82, 2.24) is 9.78 Å². The van der Waals surface area contributed by atoms with Gasteiger partial charge in [-0.25, -0.2) is 0 Å². The van der Waals surface area contributed by atoms with Crippen molar-refractivity contribution in [2.75, 3.05) is 12.8 Å². The van der Waals surface area contributed by atoms with Crippen LogP contribution in [0.4, 0.5) is 5.82 Å². The fourth-order valence-corrected chi connectivity index (χ4v) is 2.33. The summed E-state index contributed by atoms with van der Waals surface area (Å²) in [6, 6.07) is 3.86. The molecule has 0 spiro atoms. The predicted octanol–water partition coefficient (Wildman–Crippen LogP) is 3.45. The molecule has 0 aliphatic heterocycles. The number of anilines is 1. The van der Waals surface area contributed by atoms with Crippen LogP contribution in [0.2, 0.25) is 5.02 Å². The standard InChI is InChI=1S/C14H18ClN3O/c1-8(2)9-6-13(19-4)12(15)5-10(9)11-7-17-18(3)14(11)16/h5-8H,16H2,1-4H3. The quantitative estimate of drug-likeness (QED) is 0.936. The summed E-state index contributed by atoms with van der Waals surface area (Å²) in [7, 11) is 3.43. The fraction of sp³-hybridized carbons (Fsp3) is 0.357. The third-order valence-electron chi connectivity index (χ3n) is 3.22. The highest BCUT2D eigenvalue weighted by molar-refractivity contribution is 6.32. The van der Waals surface area contributed by atoms with Crippen molar-refractivity contribution in [3.8, 4) is 16.9 Å². The summed E-state index contributed by atoms with van der Waals surface area (Å²) in [5, 5.41) is 4.76. The third-order valence-corrected chi connectivity index (χ3v) is 3.52. The van der Waals surface area contributed by atoms with Gasteiger partial charge in [0.15, 0.2) is 0 Å². The van der Waals surface area contributed by atoms with E-state index >= 15 is 0 Å². The van der Waals surface area contributed by atoms with Gasteiger partial charge in [0.05, 0.1) is 18.3 Å². The van der Waals surface area contributed by atoms with Gasteiger partial charge >= 0.3 is 0 Å². The molecule has 5 heteroatoms. The van der Waals surface area contributed by atoms with E-state index in [0.717, 1.165) is 16.7 Å². The highest BCUT2D eigenvalue weighted by Crippen LogP contribution is 2.38. The number of rotatable bonds is 3. The number of aromatic nitrogens is 2. The van der Waals surface area contributed by atoms with Crippen molar-refractivity contribution in [3.63, 3.8) is 0 Å². The number of ether oxygens (including phenoxy) is 1. The van der Waals surface area contributed by atoms with Gasteiger partial charge in [0.2, 0.25) is 0 Å². The molecule has 0 radical (unpaired) electrons. The average Bonchev–Trinajstić information content (AvgIpc) is 2.69.